The number of esters is 1. The van der Waals surface area contributed by atoms with Crippen molar-refractivity contribution in [2.75, 3.05) is 0 Å². The van der Waals surface area contributed by atoms with E-state index in [1.165, 1.54) is 25.3 Å². The standard InChI is InChI=1S/C16H32O2Si/c1-6-16(2,12-13-19(3,4)5)15(17)18-14-10-8-7-9-11-14/h14H,6-13H2,1-5H3. The number of hydrogen-bond donors (Lipinski definition) is 0. The van der Waals surface area contributed by atoms with Gasteiger partial charge in [0.1, 0.15) is 6.10 Å². The minimum absolute atomic E-state index is 0.0557. The molecule has 1 atom stereocenters. The highest BCUT2D eigenvalue weighted by Gasteiger charge is 2.35. The van der Waals surface area contributed by atoms with Gasteiger partial charge in [-0.2, -0.15) is 0 Å². The fraction of sp³-hybridized carbons (Fsp3) is 0.938. The summed E-state index contributed by atoms with van der Waals surface area (Å²) in [5.74, 6) is 0.0557. The van der Waals surface area contributed by atoms with Gasteiger partial charge in [0.2, 0.25) is 0 Å². The molecular weight excluding hydrogens is 252 g/mol. The van der Waals surface area contributed by atoms with E-state index in [1.54, 1.807) is 0 Å². The zero-order valence-corrected chi connectivity index (χ0v) is 14.6. The first-order valence-corrected chi connectivity index (χ1v) is 11.7. The fourth-order valence-electron chi connectivity index (χ4n) is 2.55. The SMILES string of the molecule is CCC(C)(CC[Si](C)(C)C)C(=O)OC1CCCCC1. The fourth-order valence-corrected chi connectivity index (χ4v) is 3.85. The van der Waals surface area contributed by atoms with Gasteiger partial charge in [0, 0.05) is 8.07 Å². The molecule has 1 aliphatic rings. The quantitative estimate of drug-likeness (QED) is 0.506. The maximum Gasteiger partial charge on any atom is 0.312 e. The van der Waals surface area contributed by atoms with Gasteiger partial charge in [0.25, 0.3) is 0 Å². The molecule has 0 aliphatic heterocycles. The molecule has 3 heteroatoms. The molecule has 1 unspecified atom stereocenters. The lowest BCUT2D eigenvalue weighted by Crippen LogP contribution is -2.35. The number of rotatable bonds is 6. The predicted octanol–water partition coefficient (Wildman–Crippen LogP) is 5.01. The minimum atomic E-state index is -1.09. The predicted molar refractivity (Wildman–Crippen MR) is 84.1 cm³/mol. The number of carbonyl (C=O) groups is 1. The molecule has 0 N–H and O–H groups in total. The molecule has 1 fully saturated rings. The third-order valence-corrected chi connectivity index (χ3v) is 6.28. The van der Waals surface area contributed by atoms with E-state index in [9.17, 15) is 4.79 Å². The van der Waals surface area contributed by atoms with Crippen molar-refractivity contribution in [3.63, 3.8) is 0 Å². The molecule has 0 bridgehead atoms. The first-order chi connectivity index (χ1) is 8.77. The molecule has 1 saturated carbocycles. The molecule has 0 spiro atoms. The van der Waals surface area contributed by atoms with Crippen molar-refractivity contribution >= 4 is 14.0 Å². The Balaban J connectivity index is 2.53. The van der Waals surface area contributed by atoms with Crippen LogP contribution < -0.4 is 0 Å². The van der Waals surface area contributed by atoms with E-state index in [2.05, 4.69) is 33.5 Å². The lowest BCUT2D eigenvalue weighted by molar-refractivity contribution is -0.162. The lowest BCUT2D eigenvalue weighted by atomic mass is 9.84. The zero-order chi connectivity index (χ0) is 14.5. The van der Waals surface area contributed by atoms with Gasteiger partial charge in [0.15, 0.2) is 0 Å². The Labute approximate surface area is 120 Å². The van der Waals surface area contributed by atoms with Crippen molar-refractivity contribution in [2.24, 2.45) is 5.41 Å². The number of ether oxygens (including phenoxy) is 1. The summed E-state index contributed by atoms with van der Waals surface area (Å²) < 4.78 is 5.79. The summed E-state index contributed by atoms with van der Waals surface area (Å²) in [4.78, 5) is 12.5. The Morgan fingerprint density at radius 1 is 1.21 bits per heavy atom. The van der Waals surface area contributed by atoms with Crippen LogP contribution in [0.5, 0.6) is 0 Å². The van der Waals surface area contributed by atoms with Crippen molar-refractivity contribution in [3.05, 3.63) is 0 Å². The largest absolute Gasteiger partial charge is 0.462 e. The van der Waals surface area contributed by atoms with Crippen LogP contribution in [0, 0.1) is 5.41 Å². The van der Waals surface area contributed by atoms with Crippen molar-refractivity contribution < 1.29 is 9.53 Å². The molecule has 112 valence electrons. The molecule has 0 heterocycles. The Morgan fingerprint density at radius 2 is 1.79 bits per heavy atom. The van der Waals surface area contributed by atoms with Crippen molar-refractivity contribution in [1.82, 2.24) is 0 Å². The van der Waals surface area contributed by atoms with E-state index in [0.717, 1.165) is 25.7 Å². The second kappa shape index (κ2) is 6.92. The van der Waals surface area contributed by atoms with Crippen LogP contribution in [0.15, 0.2) is 0 Å². The van der Waals surface area contributed by atoms with Crippen LogP contribution in [0.4, 0.5) is 0 Å². The minimum Gasteiger partial charge on any atom is -0.462 e. The monoisotopic (exact) mass is 284 g/mol. The van der Waals surface area contributed by atoms with Crippen LogP contribution >= 0.6 is 0 Å². The van der Waals surface area contributed by atoms with Crippen molar-refractivity contribution in [1.29, 1.82) is 0 Å². The molecule has 0 radical (unpaired) electrons. The van der Waals surface area contributed by atoms with Crippen LogP contribution in [0.3, 0.4) is 0 Å². The summed E-state index contributed by atoms with van der Waals surface area (Å²) in [6.45, 7) is 11.3. The molecule has 0 aromatic rings. The lowest BCUT2D eigenvalue weighted by Gasteiger charge is -2.32. The van der Waals surface area contributed by atoms with Gasteiger partial charge in [0.05, 0.1) is 5.41 Å². The van der Waals surface area contributed by atoms with Gasteiger partial charge in [-0.05, 0) is 45.4 Å². The van der Waals surface area contributed by atoms with E-state index in [4.69, 9.17) is 4.74 Å². The summed E-state index contributed by atoms with van der Waals surface area (Å²) >= 11 is 0. The average molecular weight is 285 g/mol. The number of carbonyl (C=O) groups excluding carboxylic acids is 1. The smallest absolute Gasteiger partial charge is 0.312 e. The first-order valence-electron chi connectivity index (χ1n) is 7.98. The molecule has 19 heavy (non-hydrogen) atoms. The summed E-state index contributed by atoms with van der Waals surface area (Å²) in [5.41, 5.74) is -0.266. The molecular formula is C16H32O2Si. The van der Waals surface area contributed by atoms with Crippen molar-refractivity contribution in [3.8, 4) is 0 Å². The highest BCUT2D eigenvalue weighted by molar-refractivity contribution is 6.76. The molecule has 0 saturated heterocycles. The summed E-state index contributed by atoms with van der Waals surface area (Å²) in [5, 5.41) is 0. The van der Waals surface area contributed by atoms with E-state index >= 15 is 0 Å². The molecule has 0 aromatic heterocycles. The molecule has 1 aliphatic carbocycles. The van der Waals surface area contributed by atoms with Gasteiger partial charge in [-0.1, -0.05) is 39.0 Å². The van der Waals surface area contributed by atoms with Crippen molar-refractivity contribution in [2.45, 2.75) is 90.6 Å². The van der Waals surface area contributed by atoms with E-state index in [1.807, 2.05) is 0 Å². The van der Waals surface area contributed by atoms with Crippen LogP contribution in [0.2, 0.25) is 25.7 Å². The van der Waals surface area contributed by atoms with Crippen LogP contribution in [-0.2, 0) is 9.53 Å². The Hall–Kier alpha value is -0.313. The Kier molecular flexibility index (Phi) is 6.09. The highest BCUT2D eigenvalue weighted by atomic mass is 28.3. The van der Waals surface area contributed by atoms with Crippen LogP contribution in [-0.4, -0.2) is 20.1 Å². The van der Waals surface area contributed by atoms with Crippen LogP contribution in [0.1, 0.15) is 58.8 Å². The number of hydrogen-bond acceptors (Lipinski definition) is 2. The summed E-state index contributed by atoms with van der Waals surface area (Å²) in [6, 6.07) is 1.21. The van der Waals surface area contributed by atoms with E-state index < -0.39 is 8.07 Å². The Bertz CT molecular complexity index is 290. The summed E-state index contributed by atoms with van der Waals surface area (Å²) in [6.07, 6.45) is 7.95. The third-order valence-electron chi connectivity index (χ3n) is 4.53. The molecule has 0 amide bonds. The molecule has 0 aromatic carbocycles. The van der Waals surface area contributed by atoms with Gasteiger partial charge < -0.3 is 4.74 Å². The summed E-state index contributed by atoms with van der Waals surface area (Å²) in [7, 11) is -1.09. The maximum atomic E-state index is 12.5. The van der Waals surface area contributed by atoms with Gasteiger partial charge in [-0.3, -0.25) is 4.79 Å². The first kappa shape index (κ1) is 16.7. The van der Waals surface area contributed by atoms with E-state index in [-0.39, 0.29) is 17.5 Å². The average Bonchev–Trinajstić information content (AvgIpc) is 2.36. The maximum absolute atomic E-state index is 12.5. The topological polar surface area (TPSA) is 26.3 Å². The zero-order valence-electron chi connectivity index (χ0n) is 13.6. The van der Waals surface area contributed by atoms with Gasteiger partial charge >= 0.3 is 5.97 Å². The second-order valence-electron chi connectivity index (χ2n) is 7.64. The van der Waals surface area contributed by atoms with Crippen LogP contribution in [0.25, 0.3) is 0 Å². The molecule has 2 nitrogen and oxygen atoms in total. The highest BCUT2D eigenvalue weighted by Crippen LogP contribution is 2.33. The Morgan fingerprint density at radius 3 is 2.26 bits per heavy atom. The third kappa shape index (κ3) is 5.68. The van der Waals surface area contributed by atoms with E-state index in [0.29, 0.717) is 0 Å². The van der Waals surface area contributed by atoms with Gasteiger partial charge in [-0.25, -0.2) is 0 Å². The molecule has 1 rings (SSSR count). The van der Waals surface area contributed by atoms with Gasteiger partial charge in [-0.15, -0.1) is 0 Å². The normalized spacial score (nSPS) is 20.9. The second-order valence-corrected chi connectivity index (χ2v) is 13.3.